The predicted octanol–water partition coefficient (Wildman–Crippen LogP) is 1.65. The lowest BCUT2D eigenvalue weighted by molar-refractivity contribution is -0.141. The van der Waals surface area contributed by atoms with E-state index >= 15 is 0 Å². The van der Waals surface area contributed by atoms with Crippen molar-refractivity contribution >= 4 is 23.5 Å². The van der Waals surface area contributed by atoms with Crippen LogP contribution in [0, 0.1) is 10.8 Å². The molecule has 2 rings (SSSR count). The zero-order valence-electron chi connectivity index (χ0n) is 16.9. The maximum absolute atomic E-state index is 12.4. The van der Waals surface area contributed by atoms with Crippen molar-refractivity contribution in [3.63, 3.8) is 0 Å². The number of amides is 1. The number of hydrogen-bond acceptors (Lipinski definition) is 5. The number of nitrogens with one attached hydrogen (secondary N) is 3. The third kappa shape index (κ3) is 6.73. The van der Waals surface area contributed by atoms with Crippen LogP contribution in [0.3, 0.4) is 0 Å². The highest BCUT2D eigenvalue weighted by Gasteiger charge is 2.18. The Morgan fingerprint density at radius 3 is 2.30 bits per heavy atom. The van der Waals surface area contributed by atoms with Crippen LogP contribution in [0.4, 0.5) is 0 Å². The quantitative estimate of drug-likeness (QED) is 0.229. The van der Waals surface area contributed by atoms with Gasteiger partial charge in [-0.2, -0.15) is 0 Å². The maximum Gasteiger partial charge on any atom is 0.325 e. The van der Waals surface area contributed by atoms with Crippen molar-refractivity contribution in [3.8, 4) is 0 Å². The molecule has 0 aliphatic rings. The number of amidine groups is 2. The van der Waals surface area contributed by atoms with Crippen LogP contribution < -0.4 is 16.8 Å². The molecule has 0 radical (unpaired) electrons. The first-order valence-electron chi connectivity index (χ1n) is 9.51. The van der Waals surface area contributed by atoms with Gasteiger partial charge in [-0.25, -0.2) is 0 Å². The van der Waals surface area contributed by atoms with E-state index in [1.54, 1.807) is 18.2 Å². The molecule has 0 fully saturated rings. The second-order valence-corrected chi connectivity index (χ2v) is 6.94. The second kappa shape index (κ2) is 10.8. The minimum absolute atomic E-state index is 0.0164. The van der Waals surface area contributed by atoms with Crippen LogP contribution in [0.15, 0.2) is 48.5 Å². The fourth-order valence-corrected chi connectivity index (χ4v) is 3.08. The van der Waals surface area contributed by atoms with Crippen molar-refractivity contribution in [3.05, 3.63) is 70.8 Å². The molecule has 0 spiro atoms. The third-order valence-electron chi connectivity index (χ3n) is 4.80. The van der Waals surface area contributed by atoms with Gasteiger partial charge in [0, 0.05) is 17.5 Å². The van der Waals surface area contributed by atoms with Crippen LogP contribution in [0.5, 0.6) is 0 Å². The van der Waals surface area contributed by atoms with Crippen LogP contribution in [0.2, 0.25) is 0 Å². The first-order chi connectivity index (χ1) is 14.3. The lowest BCUT2D eigenvalue weighted by Crippen LogP contribution is -2.31. The highest BCUT2D eigenvalue weighted by atomic mass is 16.5. The van der Waals surface area contributed by atoms with Gasteiger partial charge in [-0.1, -0.05) is 42.5 Å². The van der Waals surface area contributed by atoms with Gasteiger partial charge in [0.1, 0.15) is 18.2 Å². The van der Waals surface area contributed by atoms with E-state index in [0.29, 0.717) is 24.0 Å². The fourth-order valence-electron chi connectivity index (χ4n) is 3.08. The molecule has 2 aromatic rings. The summed E-state index contributed by atoms with van der Waals surface area (Å²) in [6, 6.07) is 14.7. The van der Waals surface area contributed by atoms with Crippen LogP contribution in [0.25, 0.3) is 0 Å². The summed E-state index contributed by atoms with van der Waals surface area (Å²) in [7, 11) is 1.27. The lowest BCUT2D eigenvalue weighted by Gasteiger charge is -2.18. The number of aryl methyl sites for hydroxylation is 1. The molecule has 0 unspecified atom stereocenters. The van der Waals surface area contributed by atoms with E-state index in [2.05, 4.69) is 10.1 Å². The molecule has 0 heterocycles. The minimum atomic E-state index is -0.510. The minimum Gasteiger partial charge on any atom is -0.468 e. The molecule has 158 valence electrons. The molecule has 0 aliphatic carbocycles. The molecule has 8 heteroatoms. The zero-order chi connectivity index (χ0) is 22.1. The van der Waals surface area contributed by atoms with E-state index in [9.17, 15) is 9.59 Å². The Morgan fingerprint density at radius 1 is 1.03 bits per heavy atom. The van der Waals surface area contributed by atoms with Gasteiger partial charge in [-0.05, 0) is 36.0 Å². The molecular weight excluding hydrogens is 382 g/mol. The molecule has 1 atom stereocenters. The summed E-state index contributed by atoms with van der Waals surface area (Å²) in [5, 5.41) is 17.7. The van der Waals surface area contributed by atoms with E-state index in [0.717, 1.165) is 11.1 Å². The number of carbonyl (C=O) groups excluding carboxylic acids is 2. The Hall–Kier alpha value is -3.68. The molecular formula is C22H27N5O3. The summed E-state index contributed by atoms with van der Waals surface area (Å²) in [6.07, 6.45) is 1.56. The number of methoxy groups -OCH3 is 1. The normalized spacial score (nSPS) is 11.4. The molecule has 0 saturated carbocycles. The van der Waals surface area contributed by atoms with Crippen molar-refractivity contribution in [1.29, 1.82) is 10.8 Å². The molecule has 0 aromatic heterocycles. The zero-order valence-corrected chi connectivity index (χ0v) is 16.9. The van der Waals surface area contributed by atoms with Gasteiger partial charge in [-0.3, -0.25) is 20.4 Å². The molecule has 0 aliphatic heterocycles. The van der Waals surface area contributed by atoms with Crippen molar-refractivity contribution in [1.82, 2.24) is 5.32 Å². The van der Waals surface area contributed by atoms with E-state index in [1.165, 1.54) is 7.11 Å². The van der Waals surface area contributed by atoms with Crippen molar-refractivity contribution in [2.45, 2.75) is 25.2 Å². The highest BCUT2D eigenvalue weighted by Crippen LogP contribution is 2.26. The molecule has 30 heavy (non-hydrogen) atoms. The van der Waals surface area contributed by atoms with Crippen LogP contribution in [-0.2, 0) is 20.7 Å². The molecule has 0 saturated heterocycles. The predicted molar refractivity (Wildman–Crippen MR) is 116 cm³/mol. The average Bonchev–Trinajstić information content (AvgIpc) is 2.75. The molecule has 7 N–H and O–H groups in total. The summed E-state index contributed by atoms with van der Waals surface area (Å²) in [4.78, 5) is 23.7. The number of hydrogen-bond donors (Lipinski definition) is 5. The number of nitrogens with two attached hydrogens (primary N) is 2. The topological polar surface area (TPSA) is 155 Å². The fraction of sp³-hybridized carbons (Fsp3) is 0.273. The number of carbonyl (C=O) groups is 2. The Kier molecular flexibility index (Phi) is 8.10. The summed E-state index contributed by atoms with van der Waals surface area (Å²) in [5.41, 5.74) is 14.3. The standard InChI is InChI=1S/C22H27N5O3/c1-30-20(29)13-27-19(28)12-17(16-3-2-4-18(11-16)22(25)26)10-7-14-5-8-15(9-6-14)21(23)24/h2-6,8-9,11,17H,7,10,12-13H2,1H3,(H3,23,24)(H3,25,26)(H,27,28)/t17-/m1/s1. The van der Waals surface area contributed by atoms with E-state index < -0.39 is 5.97 Å². The number of nitrogen functional groups attached to an aromatic ring is 2. The Labute approximate surface area is 175 Å². The van der Waals surface area contributed by atoms with Gasteiger partial charge < -0.3 is 21.5 Å². The molecule has 8 nitrogen and oxygen atoms in total. The monoisotopic (exact) mass is 409 g/mol. The first-order valence-corrected chi connectivity index (χ1v) is 9.51. The van der Waals surface area contributed by atoms with Crippen LogP contribution >= 0.6 is 0 Å². The van der Waals surface area contributed by atoms with E-state index in [-0.39, 0.29) is 36.5 Å². The van der Waals surface area contributed by atoms with Gasteiger partial charge in [0.2, 0.25) is 5.91 Å². The summed E-state index contributed by atoms with van der Waals surface area (Å²) in [6.45, 7) is -0.179. The summed E-state index contributed by atoms with van der Waals surface area (Å²) < 4.78 is 4.55. The van der Waals surface area contributed by atoms with Crippen molar-refractivity contribution in [2.75, 3.05) is 13.7 Å². The van der Waals surface area contributed by atoms with E-state index in [1.807, 2.05) is 30.3 Å². The van der Waals surface area contributed by atoms with Gasteiger partial charge in [-0.15, -0.1) is 0 Å². The lowest BCUT2D eigenvalue weighted by atomic mass is 9.88. The number of esters is 1. The Morgan fingerprint density at radius 2 is 1.70 bits per heavy atom. The Balaban J connectivity index is 2.14. The molecule has 1 amide bonds. The van der Waals surface area contributed by atoms with E-state index in [4.69, 9.17) is 22.3 Å². The average molecular weight is 409 g/mol. The number of benzene rings is 2. The maximum atomic E-state index is 12.4. The van der Waals surface area contributed by atoms with Gasteiger partial charge in [0.25, 0.3) is 0 Å². The smallest absolute Gasteiger partial charge is 0.325 e. The summed E-state index contributed by atoms with van der Waals surface area (Å²) in [5.74, 6) is -0.919. The van der Waals surface area contributed by atoms with Crippen molar-refractivity contribution < 1.29 is 14.3 Å². The number of ether oxygens (including phenoxy) is 1. The summed E-state index contributed by atoms with van der Waals surface area (Å²) >= 11 is 0. The SMILES string of the molecule is COC(=O)CNC(=O)C[C@@H](CCc1ccc(C(=N)N)cc1)c1cccc(C(=N)N)c1. The van der Waals surface area contributed by atoms with Crippen LogP contribution in [-0.4, -0.2) is 37.2 Å². The third-order valence-corrected chi connectivity index (χ3v) is 4.80. The highest BCUT2D eigenvalue weighted by molar-refractivity contribution is 5.95. The van der Waals surface area contributed by atoms with Gasteiger partial charge >= 0.3 is 5.97 Å². The molecule has 0 bridgehead atoms. The van der Waals surface area contributed by atoms with Gasteiger partial charge in [0.15, 0.2) is 0 Å². The molecule has 2 aromatic carbocycles. The van der Waals surface area contributed by atoms with Gasteiger partial charge in [0.05, 0.1) is 7.11 Å². The first kappa shape index (κ1) is 22.6. The largest absolute Gasteiger partial charge is 0.468 e. The Bertz CT molecular complexity index is 925. The second-order valence-electron chi connectivity index (χ2n) is 6.94. The van der Waals surface area contributed by atoms with Crippen molar-refractivity contribution in [2.24, 2.45) is 11.5 Å². The van der Waals surface area contributed by atoms with Crippen LogP contribution in [0.1, 0.15) is 41.0 Å². The number of rotatable bonds is 10.